The molecule has 0 spiro atoms. The summed E-state index contributed by atoms with van der Waals surface area (Å²) in [6.45, 7) is 1.73. The molecule has 2 heteroatoms. The standard InChI is InChI=1S/C14H23NO/c15-14(1-2-16-9-14)13-6-10-3-11(7-13)5-12(4-10)8-13/h10-12H,1-9,15H2. The van der Waals surface area contributed by atoms with Crippen LogP contribution >= 0.6 is 0 Å². The van der Waals surface area contributed by atoms with Gasteiger partial charge >= 0.3 is 0 Å². The minimum Gasteiger partial charge on any atom is -0.379 e. The van der Waals surface area contributed by atoms with Crippen LogP contribution in [0, 0.1) is 23.2 Å². The molecule has 5 aliphatic rings. The maximum Gasteiger partial charge on any atom is 0.0652 e. The van der Waals surface area contributed by atoms with Crippen LogP contribution in [-0.2, 0) is 4.74 Å². The summed E-state index contributed by atoms with van der Waals surface area (Å²) in [6, 6.07) is 0. The molecule has 16 heavy (non-hydrogen) atoms. The van der Waals surface area contributed by atoms with Gasteiger partial charge in [0.05, 0.1) is 6.61 Å². The second-order valence-corrected chi connectivity index (χ2v) is 7.16. The van der Waals surface area contributed by atoms with E-state index in [0.29, 0.717) is 5.41 Å². The summed E-state index contributed by atoms with van der Waals surface area (Å²) in [5, 5.41) is 0. The minimum absolute atomic E-state index is 0.0308. The van der Waals surface area contributed by atoms with Gasteiger partial charge in [-0.1, -0.05) is 0 Å². The van der Waals surface area contributed by atoms with Crippen molar-refractivity contribution in [3.8, 4) is 0 Å². The SMILES string of the molecule is NC1(C23CC4CC(CC(C4)C2)C3)CCOC1. The Kier molecular flexibility index (Phi) is 1.87. The van der Waals surface area contributed by atoms with E-state index in [1.54, 1.807) is 0 Å². The molecule has 90 valence electrons. The lowest BCUT2D eigenvalue weighted by Crippen LogP contribution is -2.63. The molecule has 0 aromatic rings. The first-order valence-electron chi connectivity index (χ1n) is 7.06. The van der Waals surface area contributed by atoms with Crippen molar-refractivity contribution < 1.29 is 4.74 Å². The molecule has 5 rings (SSSR count). The highest BCUT2D eigenvalue weighted by atomic mass is 16.5. The van der Waals surface area contributed by atoms with Crippen molar-refractivity contribution in [1.82, 2.24) is 0 Å². The van der Waals surface area contributed by atoms with Gasteiger partial charge in [-0.25, -0.2) is 0 Å². The van der Waals surface area contributed by atoms with Gasteiger partial charge in [0.1, 0.15) is 0 Å². The maximum absolute atomic E-state index is 6.73. The van der Waals surface area contributed by atoms with Crippen LogP contribution in [0.25, 0.3) is 0 Å². The summed E-state index contributed by atoms with van der Waals surface area (Å²) in [5.74, 6) is 3.02. The fourth-order valence-corrected chi connectivity index (χ4v) is 5.72. The van der Waals surface area contributed by atoms with Gasteiger partial charge < -0.3 is 10.5 Å². The number of hydrogen-bond donors (Lipinski definition) is 1. The number of ether oxygens (including phenoxy) is 1. The normalized spacial score (nSPS) is 59.4. The molecule has 1 atom stereocenters. The van der Waals surface area contributed by atoms with Gasteiger partial charge in [0.25, 0.3) is 0 Å². The Morgan fingerprint density at radius 2 is 1.50 bits per heavy atom. The van der Waals surface area contributed by atoms with Crippen molar-refractivity contribution >= 4 is 0 Å². The van der Waals surface area contributed by atoms with Crippen LogP contribution in [0.4, 0.5) is 0 Å². The van der Waals surface area contributed by atoms with Gasteiger partial charge in [0, 0.05) is 12.1 Å². The molecule has 4 saturated carbocycles. The largest absolute Gasteiger partial charge is 0.379 e. The van der Waals surface area contributed by atoms with E-state index in [2.05, 4.69) is 0 Å². The molecule has 1 unspecified atom stereocenters. The van der Waals surface area contributed by atoms with Gasteiger partial charge in [-0.05, 0) is 68.1 Å². The van der Waals surface area contributed by atoms with Crippen molar-refractivity contribution in [2.75, 3.05) is 13.2 Å². The zero-order chi connectivity index (χ0) is 10.8. The van der Waals surface area contributed by atoms with Crippen LogP contribution in [0.3, 0.4) is 0 Å². The Bertz CT molecular complexity index is 271. The third-order valence-electron chi connectivity index (χ3n) is 6.15. The quantitative estimate of drug-likeness (QED) is 0.737. The van der Waals surface area contributed by atoms with E-state index in [1.807, 2.05) is 0 Å². The van der Waals surface area contributed by atoms with Gasteiger partial charge in [-0.3, -0.25) is 0 Å². The third kappa shape index (κ3) is 1.15. The van der Waals surface area contributed by atoms with Crippen molar-refractivity contribution in [2.24, 2.45) is 28.9 Å². The highest BCUT2D eigenvalue weighted by Gasteiger charge is 2.59. The highest BCUT2D eigenvalue weighted by molar-refractivity contribution is 5.13. The van der Waals surface area contributed by atoms with E-state index in [9.17, 15) is 0 Å². The Labute approximate surface area is 97.9 Å². The fourth-order valence-electron chi connectivity index (χ4n) is 5.72. The minimum atomic E-state index is 0.0308. The van der Waals surface area contributed by atoms with Gasteiger partial charge in [0.15, 0.2) is 0 Å². The lowest BCUT2D eigenvalue weighted by atomic mass is 9.44. The van der Waals surface area contributed by atoms with E-state index in [0.717, 1.165) is 37.4 Å². The average Bonchev–Trinajstić information content (AvgIpc) is 2.64. The number of rotatable bonds is 1. The smallest absolute Gasteiger partial charge is 0.0652 e. The summed E-state index contributed by atoms with van der Waals surface area (Å²) in [6.07, 6.45) is 9.89. The summed E-state index contributed by atoms with van der Waals surface area (Å²) in [7, 11) is 0. The van der Waals surface area contributed by atoms with E-state index in [4.69, 9.17) is 10.5 Å². The molecule has 2 nitrogen and oxygen atoms in total. The zero-order valence-electron chi connectivity index (χ0n) is 10.1. The molecule has 1 aliphatic heterocycles. The number of nitrogens with two attached hydrogens (primary N) is 1. The van der Waals surface area contributed by atoms with Gasteiger partial charge in [-0.15, -0.1) is 0 Å². The monoisotopic (exact) mass is 221 g/mol. The van der Waals surface area contributed by atoms with Crippen LogP contribution in [-0.4, -0.2) is 18.8 Å². The highest BCUT2D eigenvalue weighted by Crippen LogP contribution is 2.64. The lowest BCUT2D eigenvalue weighted by Gasteiger charge is -2.62. The predicted octanol–water partition coefficient (Wildman–Crippen LogP) is 2.32. The average molecular weight is 221 g/mol. The Morgan fingerprint density at radius 3 is 1.94 bits per heavy atom. The molecule has 4 aliphatic carbocycles. The van der Waals surface area contributed by atoms with E-state index in [-0.39, 0.29) is 5.54 Å². The number of hydrogen-bond acceptors (Lipinski definition) is 2. The Balaban J connectivity index is 1.70. The summed E-state index contributed by atoms with van der Waals surface area (Å²) >= 11 is 0. The molecule has 2 N–H and O–H groups in total. The van der Waals surface area contributed by atoms with Crippen molar-refractivity contribution in [1.29, 1.82) is 0 Å². The van der Waals surface area contributed by atoms with E-state index >= 15 is 0 Å². The van der Waals surface area contributed by atoms with Crippen molar-refractivity contribution in [3.63, 3.8) is 0 Å². The summed E-state index contributed by atoms with van der Waals surface area (Å²) < 4.78 is 5.62. The topological polar surface area (TPSA) is 35.2 Å². The second-order valence-electron chi connectivity index (χ2n) is 7.16. The van der Waals surface area contributed by atoms with E-state index in [1.165, 1.54) is 38.5 Å². The van der Waals surface area contributed by atoms with Crippen LogP contribution in [0.5, 0.6) is 0 Å². The molecule has 0 radical (unpaired) electrons. The van der Waals surface area contributed by atoms with E-state index < -0.39 is 0 Å². The first-order chi connectivity index (χ1) is 7.69. The second kappa shape index (κ2) is 3.02. The van der Waals surface area contributed by atoms with Crippen LogP contribution in [0.1, 0.15) is 44.9 Å². The lowest BCUT2D eigenvalue weighted by molar-refractivity contribution is -0.0981. The molecular formula is C14H23NO. The van der Waals surface area contributed by atoms with Crippen LogP contribution < -0.4 is 5.73 Å². The third-order valence-corrected chi connectivity index (χ3v) is 6.15. The Morgan fingerprint density at radius 1 is 0.938 bits per heavy atom. The first kappa shape index (κ1) is 9.90. The van der Waals surface area contributed by atoms with Crippen LogP contribution in [0.2, 0.25) is 0 Å². The predicted molar refractivity (Wildman–Crippen MR) is 63.0 cm³/mol. The summed E-state index contributed by atoms with van der Waals surface area (Å²) in [5.41, 5.74) is 7.23. The zero-order valence-corrected chi connectivity index (χ0v) is 10.1. The molecule has 0 aromatic carbocycles. The van der Waals surface area contributed by atoms with Crippen molar-refractivity contribution in [3.05, 3.63) is 0 Å². The fraction of sp³-hybridized carbons (Fsp3) is 1.00. The van der Waals surface area contributed by atoms with Gasteiger partial charge in [0.2, 0.25) is 0 Å². The molecular weight excluding hydrogens is 198 g/mol. The first-order valence-corrected chi connectivity index (χ1v) is 7.06. The molecule has 0 aromatic heterocycles. The van der Waals surface area contributed by atoms with Gasteiger partial charge in [-0.2, -0.15) is 0 Å². The molecule has 1 heterocycles. The van der Waals surface area contributed by atoms with Crippen molar-refractivity contribution in [2.45, 2.75) is 50.5 Å². The molecule has 4 bridgehead atoms. The molecule has 1 saturated heterocycles. The Hall–Kier alpha value is -0.0800. The summed E-state index contributed by atoms with van der Waals surface area (Å²) in [4.78, 5) is 0. The maximum atomic E-state index is 6.73. The molecule has 0 amide bonds. The van der Waals surface area contributed by atoms with Crippen LogP contribution in [0.15, 0.2) is 0 Å². The molecule has 5 fully saturated rings.